The van der Waals surface area contributed by atoms with Crippen LogP contribution < -0.4 is 10.1 Å². The maximum Gasteiger partial charge on any atom is 0.213 e. The van der Waals surface area contributed by atoms with Gasteiger partial charge in [0.15, 0.2) is 5.16 Å². The number of hydrogen-bond donors (Lipinski definition) is 1. The van der Waals surface area contributed by atoms with Gasteiger partial charge in [0, 0.05) is 12.1 Å². The number of halogens is 1. The van der Waals surface area contributed by atoms with E-state index in [9.17, 15) is 0 Å². The van der Waals surface area contributed by atoms with Crippen molar-refractivity contribution >= 4 is 34.9 Å². The van der Waals surface area contributed by atoms with E-state index in [1.54, 1.807) is 25.4 Å². The predicted molar refractivity (Wildman–Crippen MR) is 72.9 cm³/mol. The molecule has 2 rings (SSSR count). The lowest BCUT2D eigenvalue weighted by Gasteiger charge is -2.07. The van der Waals surface area contributed by atoms with E-state index < -0.39 is 0 Å². The Labute approximate surface area is 114 Å². The summed E-state index contributed by atoms with van der Waals surface area (Å²) >= 11 is 7.33. The molecule has 94 valence electrons. The fourth-order valence-corrected chi connectivity index (χ4v) is 1.89. The Morgan fingerprint density at radius 3 is 2.78 bits per heavy atom. The summed E-state index contributed by atoms with van der Waals surface area (Å²) in [5, 5.41) is 4.12. The maximum absolute atomic E-state index is 5.90. The summed E-state index contributed by atoms with van der Waals surface area (Å²) < 4.78 is 4.99. The molecule has 2 heterocycles. The molecule has 0 fully saturated rings. The van der Waals surface area contributed by atoms with Gasteiger partial charge in [0.25, 0.3) is 0 Å². The van der Waals surface area contributed by atoms with Crippen molar-refractivity contribution in [1.29, 1.82) is 0 Å². The van der Waals surface area contributed by atoms with E-state index in [1.165, 1.54) is 11.8 Å². The first kappa shape index (κ1) is 12.9. The van der Waals surface area contributed by atoms with Crippen LogP contribution >= 0.6 is 23.4 Å². The second kappa shape index (κ2) is 5.88. The number of ether oxygens (including phenoxy) is 1. The van der Waals surface area contributed by atoms with E-state index in [2.05, 4.69) is 20.3 Å². The average molecular weight is 283 g/mol. The summed E-state index contributed by atoms with van der Waals surface area (Å²) in [5.41, 5.74) is 0.803. The molecule has 0 saturated carbocycles. The molecule has 0 bridgehead atoms. The second-order valence-electron chi connectivity index (χ2n) is 3.28. The largest absolute Gasteiger partial charge is 0.481 e. The zero-order valence-corrected chi connectivity index (χ0v) is 11.4. The van der Waals surface area contributed by atoms with Crippen LogP contribution in [-0.4, -0.2) is 28.3 Å². The molecular weight excluding hydrogens is 272 g/mol. The second-order valence-corrected chi connectivity index (χ2v) is 4.44. The van der Waals surface area contributed by atoms with Gasteiger partial charge >= 0.3 is 0 Å². The highest BCUT2D eigenvalue weighted by molar-refractivity contribution is 7.98. The molecule has 0 saturated heterocycles. The number of rotatable bonds is 4. The molecule has 7 heteroatoms. The molecule has 0 unspecified atom stereocenters. The molecule has 5 nitrogen and oxygen atoms in total. The molecule has 0 aliphatic rings. The Kier molecular flexibility index (Phi) is 4.22. The number of aromatic nitrogens is 3. The van der Waals surface area contributed by atoms with E-state index in [-0.39, 0.29) is 0 Å². The zero-order valence-electron chi connectivity index (χ0n) is 9.85. The van der Waals surface area contributed by atoms with Crippen molar-refractivity contribution in [2.75, 3.05) is 18.7 Å². The Hall–Kier alpha value is -1.53. The maximum atomic E-state index is 5.90. The number of pyridine rings is 1. The van der Waals surface area contributed by atoms with E-state index in [0.29, 0.717) is 22.0 Å². The van der Waals surface area contributed by atoms with Gasteiger partial charge in [0.1, 0.15) is 11.0 Å². The van der Waals surface area contributed by atoms with E-state index in [4.69, 9.17) is 16.3 Å². The van der Waals surface area contributed by atoms with Crippen LogP contribution in [0.2, 0.25) is 5.15 Å². The monoisotopic (exact) mass is 282 g/mol. The average Bonchev–Trinajstić information content (AvgIpc) is 2.39. The molecule has 2 aromatic heterocycles. The molecule has 0 aliphatic heterocycles. The van der Waals surface area contributed by atoms with Gasteiger partial charge in [-0.3, -0.25) is 0 Å². The van der Waals surface area contributed by atoms with Crippen molar-refractivity contribution in [2.45, 2.75) is 5.16 Å². The molecule has 18 heavy (non-hydrogen) atoms. The summed E-state index contributed by atoms with van der Waals surface area (Å²) in [5.74, 6) is 1.19. The molecule has 0 aliphatic carbocycles. The smallest absolute Gasteiger partial charge is 0.213 e. The van der Waals surface area contributed by atoms with Gasteiger partial charge in [-0.2, -0.15) is 0 Å². The SMILES string of the molecule is COc1ccc(Nc2cc(Cl)nc(SC)n2)cn1. The van der Waals surface area contributed by atoms with Gasteiger partial charge in [0.2, 0.25) is 5.88 Å². The highest BCUT2D eigenvalue weighted by Crippen LogP contribution is 2.21. The van der Waals surface area contributed by atoms with Crippen LogP contribution in [0.5, 0.6) is 5.88 Å². The minimum absolute atomic E-state index is 0.401. The molecule has 0 atom stereocenters. The van der Waals surface area contributed by atoms with Gasteiger partial charge in [-0.25, -0.2) is 15.0 Å². The number of nitrogens with one attached hydrogen (secondary N) is 1. The topological polar surface area (TPSA) is 59.9 Å². The van der Waals surface area contributed by atoms with Gasteiger partial charge < -0.3 is 10.1 Å². The fourth-order valence-electron chi connectivity index (χ4n) is 1.27. The van der Waals surface area contributed by atoms with Crippen LogP contribution in [0.4, 0.5) is 11.5 Å². The quantitative estimate of drug-likeness (QED) is 0.528. The molecule has 0 radical (unpaired) electrons. The number of hydrogen-bond acceptors (Lipinski definition) is 6. The van der Waals surface area contributed by atoms with E-state index in [0.717, 1.165) is 5.69 Å². The first-order valence-electron chi connectivity index (χ1n) is 5.07. The molecular formula is C11H11ClN4OS. The first-order chi connectivity index (χ1) is 8.71. The van der Waals surface area contributed by atoms with Crippen LogP contribution in [-0.2, 0) is 0 Å². The van der Waals surface area contributed by atoms with Crippen LogP contribution in [0.3, 0.4) is 0 Å². The standard InChI is InChI=1S/C11H11ClN4OS/c1-17-10-4-3-7(6-13-10)14-9-5-8(12)15-11(16-9)18-2/h3-6H,1-2H3,(H,14,15,16). The van der Waals surface area contributed by atoms with Gasteiger partial charge in [-0.1, -0.05) is 23.4 Å². The minimum atomic E-state index is 0.401. The number of nitrogens with zero attached hydrogens (tertiary/aromatic N) is 3. The fraction of sp³-hybridized carbons (Fsp3) is 0.182. The summed E-state index contributed by atoms with van der Waals surface area (Å²) in [6.45, 7) is 0. The Morgan fingerprint density at radius 1 is 1.33 bits per heavy atom. The summed E-state index contributed by atoms with van der Waals surface area (Å²) in [7, 11) is 1.57. The van der Waals surface area contributed by atoms with Crippen molar-refractivity contribution < 1.29 is 4.74 Å². The van der Waals surface area contributed by atoms with Crippen molar-refractivity contribution in [3.63, 3.8) is 0 Å². The highest BCUT2D eigenvalue weighted by atomic mass is 35.5. The molecule has 1 N–H and O–H groups in total. The van der Waals surface area contributed by atoms with Crippen LogP contribution in [0.1, 0.15) is 0 Å². The molecule has 0 spiro atoms. The first-order valence-corrected chi connectivity index (χ1v) is 6.67. The number of anilines is 2. The zero-order chi connectivity index (χ0) is 13.0. The Morgan fingerprint density at radius 2 is 2.17 bits per heavy atom. The summed E-state index contributed by atoms with van der Waals surface area (Å²) in [6, 6.07) is 5.27. The van der Waals surface area contributed by atoms with Gasteiger partial charge in [-0.05, 0) is 12.3 Å². The predicted octanol–water partition coefficient (Wildman–Crippen LogP) is 3.00. The van der Waals surface area contributed by atoms with E-state index in [1.807, 2.05) is 12.3 Å². The van der Waals surface area contributed by atoms with Crippen molar-refractivity contribution in [2.24, 2.45) is 0 Å². The van der Waals surface area contributed by atoms with Crippen molar-refractivity contribution in [1.82, 2.24) is 15.0 Å². The van der Waals surface area contributed by atoms with Crippen LogP contribution in [0, 0.1) is 0 Å². The number of thioether (sulfide) groups is 1. The molecule has 0 amide bonds. The third-order valence-electron chi connectivity index (χ3n) is 2.07. The Bertz CT molecular complexity index is 535. The number of methoxy groups -OCH3 is 1. The third-order valence-corrected chi connectivity index (χ3v) is 2.82. The van der Waals surface area contributed by atoms with Gasteiger partial charge in [0.05, 0.1) is 19.0 Å². The molecule has 2 aromatic rings. The lowest BCUT2D eigenvalue weighted by molar-refractivity contribution is 0.398. The van der Waals surface area contributed by atoms with E-state index >= 15 is 0 Å². The van der Waals surface area contributed by atoms with Crippen molar-refractivity contribution in [3.05, 3.63) is 29.5 Å². The third kappa shape index (κ3) is 3.24. The highest BCUT2D eigenvalue weighted by Gasteiger charge is 2.03. The van der Waals surface area contributed by atoms with Crippen molar-refractivity contribution in [3.8, 4) is 5.88 Å². The summed E-state index contributed by atoms with van der Waals surface area (Å²) in [4.78, 5) is 12.4. The van der Waals surface area contributed by atoms with Crippen LogP contribution in [0.25, 0.3) is 0 Å². The lowest BCUT2D eigenvalue weighted by Crippen LogP contribution is -1.97. The minimum Gasteiger partial charge on any atom is -0.481 e. The summed E-state index contributed by atoms with van der Waals surface area (Å²) in [6.07, 6.45) is 3.55. The molecule has 0 aromatic carbocycles. The van der Waals surface area contributed by atoms with Gasteiger partial charge in [-0.15, -0.1) is 0 Å². The lowest BCUT2D eigenvalue weighted by atomic mass is 10.4. The Balaban J connectivity index is 2.19. The normalized spacial score (nSPS) is 10.2. The van der Waals surface area contributed by atoms with Crippen LogP contribution in [0.15, 0.2) is 29.6 Å².